The summed E-state index contributed by atoms with van der Waals surface area (Å²) in [5, 5.41) is 3.38. The minimum absolute atomic E-state index is 0.0504. The van der Waals surface area contributed by atoms with E-state index in [1.807, 2.05) is 0 Å². The minimum atomic E-state index is -3.62. The molecule has 0 bridgehead atoms. The Hall–Kier alpha value is -1.47. The number of amides is 1. The summed E-state index contributed by atoms with van der Waals surface area (Å²) < 4.78 is 40.0. The van der Waals surface area contributed by atoms with Gasteiger partial charge in [0.05, 0.1) is 4.90 Å². The van der Waals surface area contributed by atoms with E-state index in [-0.39, 0.29) is 22.3 Å². The van der Waals surface area contributed by atoms with Gasteiger partial charge in [-0.1, -0.05) is 0 Å². The van der Waals surface area contributed by atoms with Gasteiger partial charge in [-0.05, 0) is 80.0 Å². The standard InChI is InChI=1S/C21H25FN2O3S/c22-17-1-3-18(4-2-17)28(26,27)24-6-5-13(12-24)7-19(25)23-20-10-15-8-14-9-16(11-20)21(14,15)20/h1-4,13-16H,5-12H2,(H,23,25). The van der Waals surface area contributed by atoms with Gasteiger partial charge < -0.3 is 5.32 Å². The molecule has 4 aliphatic carbocycles. The summed E-state index contributed by atoms with van der Waals surface area (Å²) in [6.07, 6.45) is 6.13. The van der Waals surface area contributed by atoms with Gasteiger partial charge in [0.2, 0.25) is 15.9 Å². The molecule has 28 heavy (non-hydrogen) atoms. The lowest BCUT2D eigenvalue weighted by molar-refractivity contribution is -0.394. The molecule has 1 heterocycles. The predicted molar refractivity (Wildman–Crippen MR) is 100 cm³/mol. The first-order valence-electron chi connectivity index (χ1n) is 10.4. The number of carbonyl (C=O) groups excluding carboxylic acids is 1. The van der Waals surface area contributed by atoms with Gasteiger partial charge in [-0.3, -0.25) is 4.79 Å². The summed E-state index contributed by atoms with van der Waals surface area (Å²) in [4.78, 5) is 12.8. The lowest BCUT2D eigenvalue weighted by atomic mass is 9.15. The van der Waals surface area contributed by atoms with Crippen molar-refractivity contribution in [2.45, 2.75) is 49.0 Å². The summed E-state index contributed by atoms with van der Waals surface area (Å²) in [5.41, 5.74) is 0.551. The van der Waals surface area contributed by atoms with Crippen molar-refractivity contribution in [1.29, 1.82) is 0 Å². The van der Waals surface area contributed by atoms with E-state index in [2.05, 4.69) is 5.32 Å². The zero-order chi connectivity index (χ0) is 19.3. The number of rotatable bonds is 5. The lowest BCUT2D eigenvalue weighted by Crippen LogP contribution is -2.92. The van der Waals surface area contributed by atoms with E-state index in [1.54, 1.807) is 0 Å². The molecule has 1 aromatic rings. The highest BCUT2D eigenvalue weighted by atomic mass is 32.2. The molecule has 5 nitrogen and oxygen atoms in total. The van der Waals surface area contributed by atoms with Gasteiger partial charge in [-0.2, -0.15) is 4.31 Å². The second kappa shape index (κ2) is 5.36. The van der Waals surface area contributed by atoms with Crippen molar-refractivity contribution in [2.75, 3.05) is 13.1 Å². The Morgan fingerprint density at radius 2 is 1.82 bits per heavy atom. The summed E-state index contributed by atoms with van der Waals surface area (Å²) in [7, 11) is -3.62. The fourth-order valence-electron chi connectivity index (χ4n) is 7.66. The number of halogens is 1. The second-order valence-corrected chi connectivity index (χ2v) is 11.6. The zero-order valence-electron chi connectivity index (χ0n) is 15.7. The van der Waals surface area contributed by atoms with Crippen molar-refractivity contribution in [3.63, 3.8) is 0 Å². The number of nitrogens with zero attached hydrogens (tertiary/aromatic N) is 1. The van der Waals surface area contributed by atoms with Gasteiger partial charge >= 0.3 is 0 Å². The number of sulfonamides is 1. The van der Waals surface area contributed by atoms with E-state index in [4.69, 9.17) is 0 Å². The van der Waals surface area contributed by atoms with E-state index < -0.39 is 15.8 Å². The molecule has 0 radical (unpaired) electrons. The van der Waals surface area contributed by atoms with Crippen molar-refractivity contribution in [3.8, 4) is 0 Å². The Morgan fingerprint density at radius 1 is 1.14 bits per heavy atom. The first kappa shape index (κ1) is 17.4. The first-order valence-corrected chi connectivity index (χ1v) is 11.9. The van der Waals surface area contributed by atoms with E-state index in [0.29, 0.717) is 31.3 Å². The van der Waals surface area contributed by atoms with Crippen LogP contribution in [0.25, 0.3) is 0 Å². The molecule has 1 aromatic carbocycles. The average molecular weight is 405 g/mol. The fourth-order valence-corrected chi connectivity index (χ4v) is 9.19. The highest BCUT2D eigenvalue weighted by Gasteiger charge is 2.88. The summed E-state index contributed by atoms with van der Waals surface area (Å²) in [5.74, 6) is 2.25. The lowest BCUT2D eigenvalue weighted by Gasteiger charge is -2.91. The maximum atomic E-state index is 13.1. The van der Waals surface area contributed by atoms with Crippen molar-refractivity contribution < 1.29 is 17.6 Å². The number of benzene rings is 1. The van der Waals surface area contributed by atoms with Crippen LogP contribution in [0.3, 0.4) is 0 Å². The third kappa shape index (κ3) is 1.95. The third-order valence-electron chi connectivity index (χ3n) is 8.74. The molecule has 1 spiro atoms. The topological polar surface area (TPSA) is 66.5 Å². The molecule has 0 aromatic heterocycles. The smallest absolute Gasteiger partial charge is 0.243 e. The quantitative estimate of drug-likeness (QED) is 0.820. The van der Waals surface area contributed by atoms with E-state index in [1.165, 1.54) is 41.4 Å². The highest BCUT2D eigenvalue weighted by molar-refractivity contribution is 7.89. The van der Waals surface area contributed by atoms with Crippen molar-refractivity contribution >= 4 is 15.9 Å². The van der Waals surface area contributed by atoms with Crippen LogP contribution in [0.2, 0.25) is 0 Å². The van der Waals surface area contributed by atoms with Crippen LogP contribution >= 0.6 is 0 Å². The second-order valence-electron chi connectivity index (χ2n) is 9.71. The van der Waals surface area contributed by atoms with Gasteiger partial charge in [0.15, 0.2) is 0 Å². The van der Waals surface area contributed by atoms with Crippen molar-refractivity contribution in [1.82, 2.24) is 9.62 Å². The molecule has 6 rings (SSSR count). The molecule has 5 fully saturated rings. The van der Waals surface area contributed by atoms with E-state index in [0.717, 1.165) is 30.6 Å². The molecule has 7 heteroatoms. The van der Waals surface area contributed by atoms with Crippen LogP contribution in [-0.4, -0.2) is 37.3 Å². The maximum absolute atomic E-state index is 13.1. The Labute approximate surface area is 164 Å². The molecule has 4 saturated carbocycles. The molecule has 3 atom stereocenters. The minimum Gasteiger partial charge on any atom is -0.350 e. The molecular weight excluding hydrogens is 379 g/mol. The number of nitrogens with one attached hydrogen (secondary N) is 1. The van der Waals surface area contributed by atoms with Gasteiger partial charge in [0.25, 0.3) is 0 Å². The molecule has 1 saturated heterocycles. The fraction of sp³-hybridized carbons (Fsp3) is 0.667. The molecule has 1 aliphatic heterocycles. The largest absolute Gasteiger partial charge is 0.350 e. The van der Waals surface area contributed by atoms with E-state index in [9.17, 15) is 17.6 Å². The third-order valence-corrected chi connectivity index (χ3v) is 10.6. The molecule has 5 aliphatic rings. The summed E-state index contributed by atoms with van der Waals surface area (Å²) in [6.45, 7) is 0.776. The van der Waals surface area contributed by atoms with Crippen LogP contribution in [0.4, 0.5) is 4.39 Å². The van der Waals surface area contributed by atoms with Gasteiger partial charge in [-0.25, -0.2) is 12.8 Å². The van der Waals surface area contributed by atoms with Crippen LogP contribution < -0.4 is 5.32 Å². The summed E-state index contributed by atoms with van der Waals surface area (Å²) >= 11 is 0. The van der Waals surface area contributed by atoms with Gasteiger partial charge in [-0.15, -0.1) is 0 Å². The number of hydrogen-bond acceptors (Lipinski definition) is 3. The Morgan fingerprint density at radius 3 is 2.43 bits per heavy atom. The molecule has 1 N–H and O–H groups in total. The monoisotopic (exact) mass is 404 g/mol. The van der Waals surface area contributed by atoms with Crippen LogP contribution in [-0.2, 0) is 14.8 Å². The maximum Gasteiger partial charge on any atom is 0.243 e. The van der Waals surface area contributed by atoms with Crippen LogP contribution in [0.1, 0.15) is 38.5 Å². The normalized spacial score (nSPS) is 42.9. The molecule has 150 valence electrons. The predicted octanol–water partition coefficient (Wildman–Crippen LogP) is 2.53. The number of carbonyl (C=O) groups is 1. The Kier molecular flexibility index (Phi) is 3.33. The zero-order valence-corrected chi connectivity index (χ0v) is 16.6. The van der Waals surface area contributed by atoms with Crippen molar-refractivity contribution in [3.05, 3.63) is 30.1 Å². The van der Waals surface area contributed by atoms with Crippen molar-refractivity contribution in [2.24, 2.45) is 29.1 Å². The van der Waals surface area contributed by atoms with Gasteiger partial charge in [0, 0.05) is 30.5 Å². The van der Waals surface area contributed by atoms with Gasteiger partial charge in [0.1, 0.15) is 5.82 Å². The Balaban J connectivity index is 1.08. The van der Waals surface area contributed by atoms with Crippen LogP contribution in [0, 0.1) is 34.9 Å². The van der Waals surface area contributed by atoms with E-state index >= 15 is 0 Å². The molecular formula is C21H25FN2O3S. The average Bonchev–Trinajstić information content (AvgIpc) is 3.05. The number of hydrogen-bond donors (Lipinski definition) is 1. The van der Waals surface area contributed by atoms with Crippen LogP contribution in [0.5, 0.6) is 0 Å². The SMILES string of the molecule is O=C(CC1CCN(S(=O)(=O)c2ccc(F)cc2)C1)NC12CC3CC4CC(C1)C432. The molecule has 1 amide bonds. The first-order chi connectivity index (χ1) is 13.3. The highest BCUT2D eigenvalue weighted by Crippen LogP contribution is 2.89. The Bertz CT molecular complexity index is 935. The van der Waals surface area contributed by atoms with Crippen LogP contribution in [0.15, 0.2) is 29.2 Å². The molecule has 3 unspecified atom stereocenters. The summed E-state index contributed by atoms with van der Waals surface area (Å²) in [6, 6.07) is 4.94.